The summed E-state index contributed by atoms with van der Waals surface area (Å²) in [5.74, 6) is 0.993. The molecule has 0 radical (unpaired) electrons. The number of methoxy groups -OCH3 is 1. The molecule has 0 aromatic heterocycles. The summed E-state index contributed by atoms with van der Waals surface area (Å²) in [7, 11) is 1.75. The monoisotopic (exact) mass is 262 g/mol. The molecule has 106 valence electrons. The maximum Gasteiger partial charge on any atom is 0.123 e. The minimum atomic E-state index is 0.631. The molecule has 1 aromatic rings. The molecule has 0 amide bonds. The van der Waals surface area contributed by atoms with Crippen LogP contribution in [0.1, 0.15) is 36.0 Å². The van der Waals surface area contributed by atoms with Gasteiger partial charge in [0.1, 0.15) is 5.75 Å². The molecule has 1 atom stereocenters. The number of benzene rings is 1. The van der Waals surface area contributed by atoms with Crippen molar-refractivity contribution >= 4 is 0 Å². The van der Waals surface area contributed by atoms with Crippen LogP contribution < -0.4 is 15.4 Å². The van der Waals surface area contributed by atoms with E-state index < -0.39 is 0 Å². The lowest BCUT2D eigenvalue weighted by Crippen LogP contribution is -2.41. The van der Waals surface area contributed by atoms with Crippen molar-refractivity contribution in [1.29, 1.82) is 0 Å². The van der Waals surface area contributed by atoms with E-state index in [0.29, 0.717) is 6.04 Å². The Morgan fingerprint density at radius 3 is 2.74 bits per heavy atom. The summed E-state index contributed by atoms with van der Waals surface area (Å²) in [4.78, 5) is 0. The maximum atomic E-state index is 5.47. The van der Waals surface area contributed by atoms with E-state index in [4.69, 9.17) is 4.74 Å². The Morgan fingerprint density at radius 2 is 2.05 bits per heavy atom. The molecule has 2 rings (SSSR count). The molecule has 0 aliphatic carbocycles. The van der Waals surface area contributed by atoms with Crippen LogP contribution in [0.4, 0.5) is 0 Å². The molecule has 1 aromatic carbocycles. The third-order valence-electron chi connectivity index (χ3n) is 4.02. The van der Waals surface area contributed by atoms with Crippen molar-refractivity contribution < 1.29 is 4.74 Å². The summed E-state index contributed by atoms with van der Waals surface area (Å²) in [5.41, 5.74) is 3.87. The van der Waals surface area contributed by atoms with Gasteiger partial charge in [0.25, 0.3) is 0 Å². The predicted molar refractivity (Wildman–Crippen MR) is 79.8 cm³/mol. The first-order chi connectivity index (χ1) is 9.20. The van der Waals surface area contributed by atoms with Gasteiger partial charge in [-0.15, -0.1) is 0 Å². The Kier molecular flexibility index (Phi) is 5.23. The Labute approximate surface area is 116 Å². The fourth-order valence-electron chi connectivity index (χ4n) is 2.66. The highest BCUT2D eigenvalue weighted by Gasteiger charge is 2.12. The number of aryl methyl sites for hydroxylation is 2. The second kappa shape index (κ2) is 6.92. The van der Waals surface area contributed by atoms with Crippen LogP contribution in [-0.4, -0.2) is 26.2 Å². The highest BCUT2D eigenvalue weighted by atomic mass is 16.5. The van der Waals surface area contributed by atoms with Crippen LogP contribution in [0.3, 0.4) is 0 Å². The molecule has 1 aliphatic rings. The van der Waals surface area contributed by atoms with Crippen LogP contribution >= 0.6 is 0 Å². The fraction of sp³-hybridized carbons (Fsp3) is 0.625. The number of ether oxygens (including phenoxy) is 1. The quantitative estimate of drug-likeness (QED) is 0.855. The van der Waals surface area contributed by atoms with Crippen molar-refractivity contribution in [3.8, 4) is 5.75 Å². The standard InChI is InChI=1S/C16H26N2O/c1-12-8-14(16(19-3)9-13(12)2)10-17-11-15-6-4-5-7-18-15/h8-9,15,17-18H,4-7,10-11H2,1-3H3. The van der Waals surface area contributed by atoms with Gasteiger partial charge in [-0.25, -0.2) is 0 Å². The minimum Gasteiger partial charge on any atom is -0.496 e. The molecule has 1 heterocycles. The summed E-state index contributed by atoms with van der Waals surface area (Å²) in [6, 6.07) is 4.99. The van der Waals surface area contributed by atoms with Gasteiger partial charge in [-0.2, -0.15) is 0 Å². The lowest BCUT2D eigenvalue weighted by molar-refractivity contribution is 0.378. The lowest BCUT2D eigenvalue weighted by Gasteiger charge is -2.24. The van der Waals surface area contributed by atoms with E-state index in [2.05, 4.69) is 36.6 Å². The predicted octanol–water partition coefficient (Wildman–Crippen LogP) is 2.54. The highest BCUT2D eigenvalue weighted by Crippen LogP contribution is 2.22. The van der Waals surface area contributed by atoms with E-state index >= 15 is 0 Å². The fourth-order valence-corrected chi connectivity index (χ4v) is 2.66. The van der Waals surface area contributed by atoms with Crippen molar-refractivity contribution in [2.75, 3.05) is 20.2 Å². The van der Waals surface area contributed by atoms with Gasteiger partial charge in [-0.3, -0.25) is 0 Å². The van der Waals surface area contributed by atoms with Crippen LogP contribution in [-0.2, 0) is 6.54 Å². The molecule has 0 spiro atoms. The van der Waals surface area contributed by atoms with Gasteiger partial charge in [0, 0.05) is 24.7 Å². The third-order valence-corrected chi connectivity index (χ3v) is 4.02. The minimum absolute atomic E-state index is 0.631. The lowest BCUT2D eigenvalue weighted by atomic mass is 10.0. The smallest absolute Gasteiger partial charge is 0.123 e. The largest absolute Gasteiger partial charge is 0.496 e. The van der Waals surface area contributed by atoms with Crippen molar-refractivity contribution in [1.82, 2.24) is 10.6 Å². The van der Waals surface area contributed by atoms with Gasteiger partial charge in [-0.05, 0) is 50.4 Å². The molecule has 1 fully saturated rings. The van der Waals surface area contributed by atoms with Gasteiger partial charge in [0.2, 0.25) is 0 Å². The molecule has 0 bridgehead atoms. The van der Waals surface area contributed by atoms with Crippen LogP contribution in [0, 0.1) is 13.8 Å². The normalized spacial score (nSPS) is 19.4. The van der Waals surface area contributed by atoms with Gasteiger partial charge in [0.15, 0.2) is 0 Å². The van der Waals surface area contributed by atoms with E-state index in [1.54, 1.807) is 7.11 Å². The van der Waals surface area contributed by atoms with Gasteiger partial charge in [0.05, 0.1) is 7.11 Å². The average molecular weight is 262 g/mol. The zero-order valence-electron chi connectivity index (χ0n) is 12.4. The first-order valence-electron chi connectivity index (χ1n) is 7.29. The maximum absolute atomic E-state index is 5.47. The van der Waals surface area contributed by atoms with Gasteiger partial charge in [-0.1, -0.05) is 12.5 Å². The number of hydrogen-bond donors (Lipinski definition) is 2. The van der Waals surface area contributed by atoms with Crippen LogP contribution in [0.2, 0.25) is 0 Å². The van der Waals surface area contributed by atoms with Crippen LogP contribution in [0.5, 0.6) is 5.75 Å². The van der Waals surface area contributed by atoms with Crippen LogP contribution in [0.25, 0.3) is 0 Å². The topological polar surface area (TPSA) is 33.3 Å². The van der Waals surface area contributed by atoms with Crippen molar-refractivity contribution in [3.05, 3.63) is 28.8 Å². The molecule has 19 heavy (non-hydrogen) atoms. The summed E-state index contributed by atoms with van der Waals surface area (Å²) < 4.78 is 5.47. The third kappa shape index (κ3) is 3.95. The second-order valence-corrected chi connectivity index (χ2v) is 5.53. The average Bonchev–Trinajstić information content (AvgIpc) is 2.43. The van der Waals surface area contributed by atoms with E-state index in [0.717, 1.165) is 18.8 Å². The van der Waals surface area contributed by atoms with Crippen LogP contribution in [0.15, 0.2) is 12.1 Å². The molecule has 0 saturated carbocycles. The number of nitrogens with one attached hydrogen (secondary N) is 2. The number of rotatable bonds is 5. The summed E-state index contributed by atoms with van der Waals surface area (Å²) in [6.45, 7) is 7.36. The van der Waals surface area contributed by atoms with Crippen molar-refractivity contribution in [3.63, 3.8) is 0 Å². The zero-order chi connectivity index (χ0) is 13.7. The zero-order valence-corrected chi connectivity index (χ0v) is 12.4. The van der Waals surface area contributed by atoms with Crippen molar-refractivity contribution in [2.45, 2.75) is 45.7 Å². The van der Waals surface area contributed by atoms with E-state index in [1.165, 1.54) is 42.5 Å². The molecular formula is C16H26N2O. The molecule has 3 heteroatoms. The SMILES string of the molecule is COc1cc(C)c(C)cc1CNCC1CCCCN1. The molecule has 1 unspecified atom stereocenters. The molecule has 3 nitrogen and oxygen atoms in total. The Bertz CT molecular complexity index is 411. The van der Waals surface area contributed by atoms with E-state index in [1.807, 2.05) is 0 Å². The molecular weight excluding hydrogens is 236 g/mol. The summed E-state index contributed by atoms with van der Waals surface area (Å²) in [5, 5.41) is 7.11. The summed E-state index contributed by atoms with van der Waals surface area (Å²) >= 11 is 0. The van der Waals surface area contributed by atoms with Gasteiger partial charge < -0.3 is 15.4 Å². The second-order valence-electron chi connectivity index (χ2n) is 5.53. The number of hydrogen-bond acceptors (Lipinski definition) is 3. The number of piperidine rings is 1. The molecule has 1 saturated heterocycles. The summed E-state index contributed by atoms with van der Waals surface area (Å²) in [6.07, 6.45) is 3.96. The highest BCUT2D eigenvalue weighted by molar-refractivity contribution is 5.41. The first-order valence-corrected chi connectivity index (χ1v) is 7.29. The Balaban J connectivity index is 1.89. The van der Waals surface area contributed by atoms with E-state index in [9.17, 15) is 0 Å². The molecule has 2 N–H and O–H groups in total. The Morgan fingerprint density at radius 1 is 1.26 bits per heavy atom. The van der Waals surface area contributed by atoms with Gasteiger partial charge >= 0.3 is 0 Å². The molecule has 1 aliphatic heterocycles. The van der Waals surface area contributed by atoms with Crippen molar-refractivity contribution in [2.24, 2.45) is 0 Å². The van der Waals surface area contributed by atoms with E-state index in [-0.39, 0.29) is 0 Å². The Hall–Kier alpha value is -1.06. The first kappa shape index (κ1) is 14.4.